The Morgan fingerprint density at radius 1 is 0.947 bits per heavy atom. The van der Waals surface area contributed by atoms with E-state index in [9.17, 15) is 9.59 Å². The molecule has 2 N–H and O–H groups in total. The smallest absolute Gasteiger partial charge is 0.240 e. The summed E-state index contributed by atoms with van der Waals surface area (Å²) in [6.45, 7) is 6.43. The highest BCUT2D eigenvalue weighted by Crippen LogP contribution is 2.34. The van der Waals surface area contributed by atoms with Gasteiger partial charge in [-0.25, -0.2) is 5.43 Å². The van der Waals surface area contributed by atoms with Gasteiger partial charge in [-0.2, -0.15) is 5.10 Å². The van der Waals surface area contributed by atoms with Gasteiger partial charge in [0.25, 0.3) is 0 Å². The van der Waals surface area contributed by atoms with Gasteiger partial charge in [-0.1, -0.05) is 59.6 Å². The molecule has 0 aromatic heterocycles. The lowest BCUT2D eigenvalue weighted by Gasteiger charge is -2.17. The van der Waals surface area contributed by atoms with Crippen molar-refractivity contribution in [3.63, 3.8) is 0 Å². The maximum Gasteiger partial charge on any atom is 0.240 e. The van der Waals surface area contributed by atoms with Gasteiger partial charge in [0.2, 0.25) is 11.8 Å². The molecule has 3 rings (SSSR count). The van der Waals surface area contributed by atoms with Crippen LogP contribution in [0.5, 0.6) is 11.5 Å². The highest BCUT2D eigenvalue weighted by Gasteiger charge is 2.14. The van der Waals surface area contributed by atoms with Gasteiger partial charge in [0.15, 0.2) is 11.5 Å². The van der Waals surface area contributed by atoms with Gasteiger partial charge in [0, 0.05) is 29.0 Å². The predicted octanol–water partition coefficient (Wildman–Crippen LogP) is 6.57. The third-order valence-electron chi connectivity index (χ3n) is 5.28. The molecule has 0 bridgehead atoms. The van der Waals surface area contributed by atoms with Crippen molar-refractivity contribution in [1.29, 1.82) is 0 Å². The van der Waals surface area contributed by atoms with Crippen molar-refractivity contribution in [2.45, 2.75) is 32.8 Å². The molecule has 38 heavy (non-hydrogen) atoms. The molecule has 0 saturated carbocycles. The molecule has 3 aromatic carbocycles. The summed E-state index contributed by atoms with van der Waals surface area (Å²) in [6, 6.07) is 18.0. The van der Waals surface area contributed by atoms with Crippen molar-refractivity contribution in [1.82, 2.24) is 5.43 Å². The van der Waals surface area contributed by atoms with Crippen LogP contribution in [-0.4, -0.2) is 24.6 Å². The molecule has 9 heteroatoms. The molecule has 0 aliphatic heterocycles. The number of para-hydroxylation sites is 1. The molecule has 0 spiro atoms. The highest BCUT2D eigenvalue weighted by atomic mass is 35.5. The van der Waals surface area contributed by atoms with Crippen molar-refractivity contribution in [2.24, 2.45) is 5.10 Å². The van der Waals surface area contributed by atoms with E-state index in [-0.39, 0.29) is 25.4 Å². The van der Waals surface area contributed by atoms with Gasteiger partial charge in [-0.05, 0) is 49.2 Å². The number of halogens is 2. The van der Waals surface area contributed by atoms with Gasteiger partial charge < -0.3 is 14.8 Å². The summed E-state index contributed by atoms with van der Waals surface area (Å²) >= 11 is 12.3. The van der Waals surface area contributed by atoms with Crippen LogP contribution in [0.4, 0.5) is 5.69 Å². The number of amides is 2. The Balaban J connectivity index is 1.63. The Bertz CT molecular complexity index is 1310. The number of benzene rings is 3. The second-order valence-electron chi connectivity index (χ2n) is 8.13. The van der Waals surface area contributed by atoms with E-state index in [4.69, 9.17) is 32.7 Å². The summed E-state index contributed by atoms with van der Waals surface area (Å²) in [5.74, 6) is 0.423. The maximum absolute atomic E-state index is 12.2. The largest absolute Gasteiger partial charge is 0.490 e. The number of hydrogen-bond acceptors (Lipinski definition) is 5. The zero-order valence-corrected chi connectivity index (χ0v) is 22.5. The fourth-order valence-corrected chi connectivity index (χ4v) is 3.87. The van der Waals surface area contributed by atoms with Crippen molar-refractivity contribution < 1.29 is 19.1 Å². The molecule has 0 unspecified atom stereocenters. The number of carbonyl (C=O) groups excluding carboxylic acids is 2. The van der Waals surface area contributed by atoms with Crippen molar-refractivity contribution in [2.75, 3.05) is 11.9 Å². The number of anilines is 1. The van der Waals surface area contributed by atoms with Crippen LogP contribution in [0.1, 0.15) is 36.5 Å². The number of carbonyl (C=O) groups is 2. The minimum absolute atomic E-state index is 0.0119. The number of rotatable bonds is 13. The first-order chi connectivity index (χ1) is 18.4. The summed E-state index contributed by atoms with van der Waals surface area (Å²) in [5, 5.41) is 7.77. The molecule has 0 fully saturated rings. The molecular formula is C29H29Cl2N3O4. The van der Waals surface area contributed by atoms with Crippen LogP contribution in [0.25, 0.3) is 0 Å². The molecule has 0 heterocycles. The average Bonchev–Trinajstić information content (AvgIpc) is 2.90. The summed E-state index contributed by atoms with van der Waals surface area (Å²) in [4.78, 5) is 24.3. The second-order valence-corrected chi connectivity index (χ2v) is 8.95. The van der Waals surface area contributed by atoms with Crippen LogP contribution < -0.4 is 20.2 Å². The van der Waals surface area contributed by atoms with Crippen LogP contribution in [0.2, 0.25) is 10.0 Å². The number of hydrazone groups is 1. The van der Waals surface area contributed by atoms with Gasteiger partial charge in [-0.15, -0.1) is 6.58 Å². The third kappa shape index (κ3) is 8.64. The van der Waals surface area contributed by atoms with Crippen molar-refractivity contribution in [3.8, 4) is 11.5 Å². The van der Waals surface area contributed by atoms with E-state index >= 15 is 0 Å². The molecule has 0 saturated heterocycles. The van der Waals surface area contributed by atoms with E-state index in [0.717, 1.165) is 11.1 Å². The first-order valence-electron chi connectivity index (χ1n) is 12.0. The van der Waals surface area contributed by atoms with Gasteiger partial charge in [0.1, 0.15) is 6.61 Å². The Morgan fingerprint density at radius 3 is 2.37 bits per heavy atom. The highest BCUT2D eigenvalue weighted by molar-refractivity contribution is 6.33. The number of allylic oxidation sites excluding steroid dienone is 1. The molecule has 0 atom stereocenters. The number of ether oxygens (including phenoxy) is 2. The molecule has 3 aromatic rings. The molecule has 198 valence electrons. The number of hydrogen-bond donors (Lipinski definition) is 2. The van der Waals surface area contributed by atoms with Gasteiger partial charge in [-0.3, -0.25) is 9.59 Å². The third-order valence-corrected chi connectivity index (χ3v) is 5.98. The topological polar surface area (TPSA) is 89.0 Å². The Kier molecular flexibility index (Phi) is 11.2. The van der Waals surface area contributed by atoms with E-state index in [2.05, 4.69) is 22.4 Å². The van der Waals surface area contributed by atoms with E-state index in [1.54, 1.807) is 36.4 Å². The zero-order valence-electron chi connectivity index (χ0n) is 21.0. The standard InChI is InChI=1S/C29H29Cl2N3O4/c1-3-9-21-16-20(17-26(37-4-2)29(21)38-19-22-10-5-6-11-23(22)30)18-32-34-28(36)15-14-27(35)33-25-13-8-7-12-24(25)31/h3,5-8,10-13,16-18H,1,4,9,14-15,19H2,2H3,(H,33,35)(H,34,36). The molecule has 0 radical (unpaired) electrons. The van der Waals surface area contributed by atoms with Crippen LogP contribution in [0.3, 0.4) is 0 Å². The zero-order chi connectivity index (χ0) is 27.3. The van der Waals surface area contributed by atoms with E-state index in [0.29, 0.717) is 45.8 Å². The quantitative estimate of drug-likeness (QED) is 0.142. The summed E-state index contributed by atoms with van der Waals surface area (Å²) in [6.07, 6.45) is 3.77. The summed E-state index contributed by atoms with van der Waals surface area (Å²) in [5.41, 5.74) is 5.35. The molecular weight excluding hydrogens is 525 g/mol. The van der Waals surface area contributed by atoms with Crippen molar-refractivity contribution >= 4 is 46.9 Å². The Labute approximate surface area is 232 Å². The van der Waals surface area contributed by atoms with Crippen molar-refractivity contribution in [3.05, 3.63) is 100 Å². The fraction of sp³-hybridized carbons (Fsp3) is 0.207. The monoisotopic (exact) mass is 553 g/mol. The first-order valence-corrected chi connectivity index (χ1v) is 12.8. The predicted molar refractivity (Wildman–Crippen MR) is 152 cm³/mol. The van der Waals surface area contributed by atoms with E-state index < -0.39 is 5.91 Å². The lowest BCUT2D eigenvalue weighted by molar-refractivity contribution is -0.124. The second kappa shape index (κ2) is 14.8. The Hall–Kier alpha value is -3.81. The fourth-order valence-electron chi connectivity index (χ4n) is 3.49. The van der Waals surface area contributed by atoms with Gasteiger partial charge in [0.05, 0.1) is 23.5 Å². The SMILES string of the molecule is C=CCc1cc(C=NNC(=O)CCC(=O)Nc2ccccc2Cl)cc(OCC)c1OCc1ccccc1Cl. The van der Waals surface area contributed by atoms with Crippen LogP contribution in [0.15, 0.2) is 78.4 Å². The average molecular weight is 554 g/mol. The first kappa shape index (κ1) is 28.8. The maximum atomic E-state index is 12.2. The normalized spacial score (nSPS) is 10.7. The van der Waals surface area contributed by atoms with E-state index in [1.165, 1.54) is 6.21 Å². The van der Waals surface area contributed by atoms with Crippen LogP contribution >= 0.6 is 23.2 Å². The molecule has 7 nitrogen and oxygen atoms in total. The van der Waals surface area contributed by atoms with Gasteiger partial charge >= 0.3 is 0 Å². The minimum atomic E-state index is -0.397. The molecule has 0 aliphatic carbocycles. The lowest BCUT2D eigenvalue weighted by atomic mass is 10.1. The number of nitrogens with zero attached hydrogens (tertiary/aromatic N) is 1. The summed E-state index contributed by atoms with van der Waals surface area (Å²) < 4.78 is 12.0. The molecule has 2 amide bonds. The summed E-state index contributed by atoms with van der Waals surface area (Å²) in [7, 11) is 0. The molecule has 0 aliphatic rings. The van der Waals surface area contributed by atoms with Crippen LogP contribution in [-0.2, 0) is 22.6 Å². The Morgan fingerprint density at radius 2 is 1.66 bits per heavy atom. The van der Waals surface area contributed by atoms with E-state index in [1.807, 2.05) is 37.3 Å². The lowest BCUT2D eigenvalue weighted by Crippen LogP contribution is -2.20. The number of nitrogens with one attached hydrogen (secondary N) is 2. The van der Waals surface area contributed by atoms with Crippen LogP contribution in [0, 0.1) is 0 Å². The minimum Gasteiger partial charge on any atom is -0.490 e.